The fraction of sp³-hybridized carbons (Fsp3) is 0.0588. The van der Waals surface area contributed by atoms with Gasteiger partial charge in [-0.1, -0.05) is 30.3 Å². The number of benzene rings is 2. The highest BCUT2D eigenvalue weighted by molar-refractivity contribution is 5.70. The number of halogens is 3. The average Bonchev–Trinajstić information content (AvgIpc) is 2.62. The van der Waals surface area contributed by atoms with Crippen LogP contribution in [-0.2, 0) is 6.18 Å². The monoisotopic (exact) mass is 376 g/mol. The summed E-state index contributed by atoms with van der Waals surface area (Å²) in [6.45, 7) is 0. The molecule has 0 saturated heterocycles. The van der Waals surface area contributed by atoms with Crippen molar-refractivity contribution in [2.75, 3.05) is 5.32 Å². The van der Waals surface area contributed by atoms with Gasteiger partial charge in [0.2, 0.25) is 5.82 Å². The van der Waals surface area contributed by atoms with Crippen molar-refractivity contribution in [1.29, 1.82) is 0 Å². The Labute approximate surface area is 150 Å². The average molecular weight is 376 g/mol. The minimum Gasteiger partial charge on any atom is -0.434 e. The Kier molecular flexibility index (Phi) is 4.88. The predicted molar refractivity (Wildman–Crippen MR) is 89.9 cm³/mol. The molecule has 7 nitrogen and oxygen atoms in total. The highest BCUT2D eigenvalue weighted by atomic mass is 19.4. The molecule has 0 aliphatic carbocycles. The lowest BCUT2D eigenvalue weighted by Gasteiger charge is -2.14. The fourth-order valence-corrected chi connectivity index (χ4v) is 2.26. The van der Waals surface area contributed by atoms with Gasteiger partial charge in [-0.15, -0.1) is 0 Å². The Morgan fingerprint density at radius 2 is 1.67 bits per heavy atom. The van der Waals surface area contributed by atoms with Gasteiger partial charge >= 0.3 is 17.7 Å². The number of alkyl halides is 3. The highest BCUT2D eigenvalue weighted by Crippen LogP contribution is 2.39. The number of aromatic nitrogens is 2. The molecule has 0 bridgehead atoms. The first kappa shape index (κ1) is 18.1. The molecule has 138 valence electrons. The summed E-state index contributed by atoms with van der Waals surface area (Å²) in [7, 11) is 0. The number of nitrogens with zero attached hydrogens (tertiary/aromatic N) is 3. The highest BCUT2D eigenvalue weighted by Gasteiger charge is 2.34. The van der Waals surface area contributed by atoms with Gasteiger partial charge < -0.3 is 10.1 Å². The first-order valence-corrected chi connectivity index (χ1v) is 7.52. The number of nitrogens with one attached hydrogen (secondary N) is 1. The molecule has 0 spiro atoms. The quantitative estimate of drug-likeness (QED) is 0.501. The zero-order chi connectivity index (χ0) is 19.4. The molecular formula is C17H11F3N4O3. The molecule has 10 heteroatoms. The summed E-state index contributed by atoms with van der Waals surface area (Å²) in [6.07, 6.45) is -3.68. The topological polar surface area (TPSA) is 90.2 Å². The van der Waals surface area contributed by atoms with Gasteiger partial charge in [0.05, 0.1) is 16.2 Å². The lowest BCUT2D eigenvalue weighted by molar-refractivity contribution is -0.385. The molecule has 0 aliphatic heterocycles. The van der Waals surface area contributed by atoms with Crippen molar-refractivity contribution >= 4 is 17.2 Å². The molecule has 3 aromatic rings. The Hall–Kier alpha value is -3.69. The summed E-state index contributed by atoms with van der Waals surface area (Å²) < 4.78 is 44.8. The van der Waals surface area contributed by atoms with Crippen LogP contribution in [-0.4, -0.2) is 14.9 Å². The fourth-order valence-electron chi connectivity index (χ4n) is 2.26. The third-order valence-corrected chi connectivity index (χ3v) is 3.41. The normalized spacial score (nSPS) is 11.1. The van der Waals surface area contributed by atoms with Gasteiger partial charge in [0.15, 0.2) is 0 Å². The van der Waals surface area contributed by atoms with Crippen LogP contribution in [0.3, 0.4) is 0 Å². The van der Waals surface area contributed by atoms with E-state index in [1.54, 1.807) is 30.3 Å². The van der Waals surface area contributed by atoms with Gasteiger partial charge in [-0.25, -0.2) is 4.98 Å². The van der Waals surface area contributed by atoms with Crippen molar-refractivity contribution in [2.24, 2.45) is 0 Å². The standard InChI is InChI=1S/C17H11F3N4O3/c18-17(19,20)12-8-4-5-9-13(12)23-15-14(24(25)26)16(22-10-21-15)27-11-6-2-1-3-7-11/h1-10H,(H,21,22,23). The zero-order valence-electron chi connectivity index (χ0n) is 13.5. The molecule has 0 unspecified atom stereocenters. The number of rotatable bonds is 5. The van der Waals surface area contributed by atoms with Crippen LogP contribution in [0, 0.1) is 10.1 Å². The van der Waals surface area contributed by atoms with Crippen molar-refractivity contribution in [3.63, 3.8) is 0 Å². The molecule has 1 N–H and O–H groups in total. The van der Waals surface area contributed by atoms with Crippen LogP contribution < -0.4 is 10.1 Å². The molecule has 0 amide bonds. The molecule has 1 heterocycles. The summed E-state index contributed by atoms with van der Waals surface area (Å²) in [4.78, 5) is 18.1. The molecule has 0 atom stereocenters. The van der Waals surface area contributed by atoms with Crippen molar-refractivity contribution in [3.8, 4) is 11.6 Å². The molecule has 0 fully saturated rings. The molecule has 0 saturated carbocycles. The lowest BCUT2D eigenvalue weighted by Crippen LogP contribution is -2.10. The number of nitro groups is 1. The third kappa shape index (κ3) is 4.11. The molecule has 0 radical (unpaired) electrons. The van der Waals surface area contributed by atoms with Crippen molar-refractivity contribution in [1.82, 2.24) is 9.97 Å². The summed E-state index contributed by atoms with van der Waals surface area (Å²) in [5, 5.41) is 13.9. The maximum absolute atomic E-state index is 13.1. The molecular weight excluding hydrogens is 365 g/mol. The molecule has 2 aromatic carbocycles. The van der Waals surface area contributed by atoms with Gasteiger partial charge in [-0.2, -0.15) is 18.2 Å². The Morgan fingerprint density at radius 3 is 2.33 bits per heavy atom. The number of anilines is 2. The van der Waals surface area contributed by atoms with E-state index in [-0.39, 0.29) is 11.4 Å². The van der Waals surface area contributed by atoms with Crippen LogP contribution in [0.2, 0.25) is 0 Å². The molecule has 27 heavy (non-hydrogen) atoms. The van der Waals surface area contributed by atoms with E-state index >= 15 is 0 Å². The third-order valence-electron chi connectivity index (χ3n) is 3.41. The van der Waals surface area contributed by atoms with E-state index in [1.807, 2.05) is 0 Å². The Balaban J connectivity index is 2.02. The smallest absolute Gasteiger partial charge is 0.418 e. The minimum absolute atomic E-state index is 0.279. The molecule has 3 rings (SSSR count). The van der Waals surface area contributed by atoms with Crippen molar-refractivity contribution in [3.05, 3.63) is 76.6 Å². The summed E-state index contributed by atoms with van der Waals surface area (Å²) in [5.74, 6) is -0.535. The number of hydrogen-bond acceptors (Lipinski definition) is 6. The van der Waals surface area contributed by atoms with Crippen LogP contribution in [0.5, 0.6) is 11.6 Å². The second kappa shape index (κ2) is 7.28. The second-order valence-electron chi connectivity index (χ2n) is 5.22. The number of hydrogen-bond donors (Lipinski definition) is 1. The minimum atomic E-state index is -4.64. The van der Waals surface area contributed by atoms with E-state index in [2.05, 4.69) is 15.3 Å². The van der Waals surface area contributed by atoms with Gasteiger partial charge in [0.25, 0.3) is 0 Å². The summed E-state index contributed by atoms with van der Waals surface area (Å²) >= 11 is 0. The van der Waals surface area contributed by atoms with E-state index in [1.165, 1.54) is 12.1 Å². The van der Waals surface area contributed by atoms with Crippen LogP contribution in [0.15, 0.2) is 60.9 Å². The van der Waals surface area contributed by atoms with E-state index < -0.39 is 34.0 Å². The molecule has 0 aliphatic rings. The van der Waals surface area contributed by atoms with Gasteiger partial charge in [-0.3, -0.25) is 10.1 Å². The van der Waals surface area contributed by atoms with Gasteiger partial charge in [-0.05, 0) is 24.3 Å². The van der Waals surface area contributed by atoms with Crippen molar-refractivity contribution < 1.29 is 22.8 Å². The van der Waals surface area contributed by atoms with E-state index in [0.29, 0.717) is 0 Å². The predicted octanol–water partition coefficient (Wildman–Crippen LogP) is 4.94. The summed E-state index contributed by atoms with van der Waals surface area (Å²) in [6, 6.07) is 12.7. The first-order valence-electron chi connectivity index (χ1n) is 7.52. The Bertz CT molecular complexity index is 965. The van der Waals surface area contributed by atoms with Gasteiger partial charge in [0.1, 0.15) is 12.1 Å². The van der Waals surface area contributed by atoms with E-state index in [9.17, 15) is 23.3 Å². The second-order valence-corrected chi connectivity index (χ2v) is 5.22. The van der Waals surface area contributed by atoms with Crippen LogP contribution in [0.1, 0.15) is 5.56 Å². The van der Waals surface area contributed by atoms with E-state index in [4.69, 9.17) is 4.74 Å². The maximum atomic E-state index is 13.1. The maximum Gasteiger partial charge on any atom is 0.418 e. The zero-order valence-corrected chi connectivity index (χ0v) is 13.5. The van der Waals surface area contributed by atoms with Crippen LogP contribution in [0.4, 0.5) is 30.4 Å². The first-order chi connectivity index (χ1) is 12.9. The van der Waals surface area contributed by atoms with Crippen LogP contribution >= 0.6 is 0 Å². The lowest BCUT2D eigenvalue weighted by atomic mass is 10.1. The largest absolute Gasteiger partial charge is 0.434 e. The van der Waals surface area contributed by atoms with Crippen molar-refractivity contribution in [2.45, 2.75) is 6.18 Å². The number of ether oxygens (including phenoxy) is 1. The Morgan fingerprint density at radius 1 is 1.00 bits per heavy atom. The SMILES string of the molecule is O=[N+]([O-])c1c(Nc2ccccc2C(F)(F)F)ncnc1Oc1ccccc1. The summed E-state index contributed by atoms with van der Waals surface area (Å²) in [5.41, 5.74) is -2.04. The van der Waals surface area contributed by atoms with E-state index in [0.717, 1.165) is 18.5 Å². The van der Waals surface area contributed by atoms with Gasteiger partial charge in [0, 0.05) is 0 Å². The van der Waals surface area contributed by atoms with Crippen LogP contribution in [0.25, 0.3) is 0 Å². The number of para-hydroxylation sites is 2. The molecule has 1 aromatic heterocycles.